The second-order valence-corrected chi connectivity index (χ2v) is 18.8. The molecule has 0 fully saturated rings. The van der Waals surface area contributed by atoms with Gasteiger partial charge >= 0.3 is 0 Å². The maximum absolute atomic E-state index is 6.46. The maximum Gasteiger partial charge on any atom is 0.143 e. The van der Waals surface area contributed by atoms with Gasteiger partial charge in [-0.05, 0) is 121 Å². The molecule has 11 aromatic carbocycles. The lowest BCUT2D eigenvalue weighted by Gasteiger charge is -2.26. The van der Waals surface area contributed by atoms with Gasteiger partial charge in [-0.3, -0.25) is 0 Å². The van der Waals surface area contributed by atoms with E-state index in [1.165, 1.54) is 60.8 Å². The van der Waals surface area contributed by atoms with Gasteiger partial charge < -0.3 is 8.83 Å². The smallest absolute Gasteiger partial charge is 0.143 e. The largest absolute Gasteiger partial charge is 0.455 e. The van der Waals surface area contributed by atoms with Crippen molar-refractivity contribution in [1.82, 2.24) is 0 Å². The van der Waals surface area contributed by atoms with Crippen molar-refractivity contribution in [2.24, 2.45) is 0 Å². The Morgan fingerprint density at radius 1 is 0.314 bits per heavy atom. The Kier molecular flexibility index (Phi) is 10.3. The van der Waals surface area contributed by atoms with E-state index in [1.54, 1.807) is 0 Å². The minimum Gasteiger partial charge on any atom is -0.455 e. The normalized spacial score (nSPS) is 12.6. The van der Waals surface area contributed by atoms with Crippen LogP contribution in [0.3, 0.4) is 0 Å². The van der Waals surface area contributed by atoms with Gasteiger partial charge in [0.2, 0.25) is 0 Å². The monoisotopic (exact) mass is 896 g/mol. The standard InChI is InChI=1S/C68H48O2/c1-44(46-32-36-51(37-33-46)59-23-13-25-63-61-20-8-10-27-66(61)70-68(59)63)64(40-45-28-30-50(31-29-45)58-22-12-24-62-60-19-7-9-26-65(60)69-67(58)62)52-38-34-48(35-39-52)54-41-53(47-14-3-2-4-15-47)42-55(43-54)57-21-11-17-49-16-5-6-18-56(49)57/h2-39,41-44,64H,40H2,1H3/t44?,64-/m1/s1. The molecule has 0 saturated carbocycles. The van der Waals surface area contributed by atoms with Crippen molar-refractivity contribution >= 4 is 54.6 Å². The van der Waals surface area contributed by atoms with Crippen LogP contribution in [0.2, 0.25) is 0 Å². The van der Waals surface area contributed by atoms with Gasteiger partial charge in [0, 0.05) is 32.7 Å². The molecule has 0 N–H and O–H groups in total. The van der Waals surface area contributed by atoms with Gasteiger partial charge in [-0.15, -0.1) is 0 Å². The number of para-hydroxylation sites is 4. The zero-order valence-corrected chi connectivity index (χ0v) is 38.8. The first-order chi connectivity index (χ1) is 34.6. The number of benzene rings is 11. The van der Waals surface area contributed by atoms with Crippen LogP contribution in [0.5, 0.6) is 0 Å². The summed E-state index contributed by atoms with van der Waals surface area (Å²) in [5.41, 5.74) is 19.4. The van der Waals surface area contributed by atoms with Crippen LogP contribution in [0, 0.1) is 0 Å². The summed E-state index contributed by atoms with van der Waals surface area (Å²) in [5, 5.41) is 7.08. The lowest BCUT2D eigenvalue weighted by Crippen LogP contribution is -2.12. The summed E-state index contributed by atoms with van der Waals surface area (Å²) in [6, 6.07) is 90.4. The summed E-state index contributed by atoms with van der Waals surface area (Å²) < 4.78 is 12.9. The van der Waals surface area contributed by atoms with E-state index in [0.29, 0.717) is 0 Å². The van der Waals surface area contributed by atoms with E-state index in [-0.39, 0.29) is 11.8 Å². The molecule has 2 nitrogen and oxygen atoms in total. The lowest BCUT2D eigenvalue weighted by molar-refractivity contribution is 0.572. The van der Waals surface area contributed by atoms with E-state index in [9.17, 15) is 0 Å². The first-order valence-corrected chi connectivity index (χ1v) is 24.4. The van der Waals surface area contributed by atoms with Crippen LogP contribution in [-0.2, 0) is 6.42 Å². The Balaban J connectivity index is 0.869. The molecule has 0 aliphatic carbocycles. The van der Waals surface area contributed by atoms with Gasteiger partial charge in [0.1, 0.15) is 22.3 Å². The molecule has 0 saturated heterocycles. The predicted octanol–water partition coefficient (Wildman–Crippen LogP) is 19.1. The van der Waals surface area contributed by atoms with Crippen LogP contribution in [0.15, 0.2) is 258 Å². The zero-order chi connectivity index (χ0) is 46.5. The Bertz CT molecular complexity index is 4020. The van der Waals surface area contributed by atoms with Gasteiger partial charge in [-0.2, -0.15) is 0 Å². The molecule has 0 spiro atoms. The highest BCUT2D eigenvalue weighted by Gasteiger charge is 2.23. The summed E-state index contributed by atoms with van der Waals surface area (Å²) in [6.07, 6.45) is 0.879. The average molecular weight is 897 g/mol. The van der Waals surface area contributed by atoms with Crippen LogP contribution in [-0.4, -0.2) is 0 Å². The lowest BCUT2D eigenvalue weighted by atomic mass is 9.78. The van der Waals surface area contributed by atoms with Crippen LogP contribution in [0.1, 0.15) is 35.4 Å². The fourth-order valence-electron chi connectivity index (χ4n) is 11.0. The Labute approximate surface area is 407 Å². The Morgan fingerprint density at radius 3 is 1.39 bits per heavy atom. The zero-order valence-electron chi connectivity index (χ0n) is 38.8. The predicted molar refractivity (Wildman–Crippen MR) is 293 cm³/mol. The van der Waals surface area contributed by atoms with Crippen molar-refractivity contribution in [3.8, 4) is 55.6 Å². The van der Waals surface area contributed by atoms with Crippen LogP contribution < -0.4 is 0 Å². The van der Waals surface area contributed by atoms with Crippen LogP contribution in [0.4, 0.5) is 0 Å². The van der Waals surface area contributed by atoms with Gasteiger partial charge in [0.15, 0.2) is 0 Å². The first-order valence-electron chi connectivity index (χ1n) is 24.4. The number of fused-ring (bicyclic) bond motifs is 7. The van der Waals surface area contributed by atoms with Crippen molar-refractivity contribution < 1.29 is 8.83 Å². The first kappa shape index (κ1) is 41.5. The van der Waals surface area contributed by atoms with Gasteiger partial charge in [0.25, 0.3) is 0 Å². The molecule has 0 bridgehead atoms. The molecule has 0 amide bonds. The van der Waals surface area contributed by atoms with Crippen molar-refractivity contribution in [2.75, 3.05) is 0 Å². The molecule has 13 rings (SSSR count). The average Bonchev–Trinajstić information content (AvgIpc) is 4.02. The summed E-state index contributed by atoms with van der Waals surface area (Å²) in [7, 11) is 0. The highest BCUT2D eigenvalue weighted by Crippen LogP contribution is 2.42. The summed E-state index contributed by atoms with van der Waals surface area (Å²) in [4.78, 5) is 0. The van der Waals surface area contributed by atoms with Gasteiger partial charge in [0.05, 0.1) is 0 Å². The molecule has 70 heavy (non-hydrogen) atoms. The Hall–Kier alpha value is -8.72. The molecule has 2 aromatic heterocycles. The highest BCUT2D eigenvalue weighted by atomic mass is 16.3. The quantitative estimate of drug-likeness (QED) is 0.137. The third-order valence-electron chi connectivity index (χ3n) is 14.7. The fraction of sp³-hybridized carbons (Fsp3) is 0.0588. The molecule has 0 aliphatic heterocycles. The third-order valence-corrected chi connectivity index (χ3v) is 14.7. The summed E-state index contributed by atoms with van der Waals surface area (Å²) >= 11 is 0. The molecule has 332 valence electrons. The highest BCUT2D eigenvalue weighted by molar-refractivity contribution is 6.10. The van der Waals surface area contributed by atoms with E-state index in [4.69, 9.17) is 8.83 Å². The SMILES string of the molecule is CC(c1ccc(-c2cccc3c2oc2ccccc23)cc1)[C@@H](Cc1ccc(-c2cccc3c2oc2ccccc23)cc1)c1ccc(-c2cc(-c3ccccc3)cc(-c3cccc4ccccc34)c2)cc1. The molecule has 2 heterocycles. The number of hydrogen-bond acceptors (Lipinski definition) is 2. The second kappa shape index (κ2) is 17.4. The molecule has 0 radical (unpaired) electrons. The fourth-order valence-corrected chi connectivity index (χ4v) is 11.0. The van der Waals surface area contributed by atoms with Crippen molar-refractivity contribution in [3.05, 3.63) is 265 Å². The molecule has 2 heteroatoms. The minimum absolute atomic E-state index is 0.199. The summed E-state index contributed by atoms with van der Waals surface area (Å²) in [5.74, 6) is 0.412. The molecule has 1 unspecified atom stereocenters. The third kappa shape index (κ3) is 7.46. The topological polar surface area (TPSA) is 26.3 Å². The second-order valence-electron chi connectivity index (χ2n) is 18.8. The van der Waals surface area contributed by atoms with Crippen molar-refractivity contribution in [3.63, 3.8) is 0 Å². The molecule has 2 atom stereocenters. The van der Waals surface area contributed by atoms with Gasteiger partial charge in [-0.25, -0.2) is 0 Å². The number of furan rings is 2. The van der Waals surface area contributed by atoms with Crippen molar-refractivity contribution in [1.29, 1.82) is 0 Å². The number of rotatable bonds is 10. The minimum atomic E-state index is 0.199. The molecule has 13 aromatic rings. The molecular formula is C68H48O2. The van der Waals surface area contributed by atoms with E-state index in [0.717, 1.165) is 72.6 Å². The number of hydrogen-bond donors (Lipinski definition) is 0. The molecular weight excluding hydrogens is 849 g/mol. The van der Waals surface area contributed by atoms with Crippen molar-refractivity contribution in [2.45, 2.75) is 25.2 Å². The van der Waals surface area contributed by atoms with Crippen LogP contribution in [0.25, 0.3) is 110 Å². The van der Waals surface area contributed by atoms with Gasteiger partial charge in [-0.1, -0.05) is 225 Å². The van der Waals surface area contributed by atoms with E-state index >= 15 is 0 Å². The van der Waals surface area contributed by atoms with E-state index in [1.807, 2.05) is 12.1 Å². The van der Waals surface area contributed by atoms with Crippen LogP contribution >= 0.6 is 0 Å². The Morgan fingerprint density at radius 2 is 0.757 bits per heavy atom. The van der Waals surface area contributed by atoms with E-state index in [2.05, 4.69) is 244 Å². The van der Waals surface area contributed by atoms with E-state index < -0.39 is 0 Å². The summed E-state index contributed by atoms with van der Waals surface area (Å²) in [6.45, 7) is 2.39. The molecule has 0 aliphatic rings. The maximum atomic E-state index is 6.46.